The van der Waals surface area contributed by atoms with Crippen molar-refractivity contribution in [1.82, 2.24) is 9.88 Å². The maximum Gasteiger partial charge on any atom is 0.253 e. The Morgan fingerprint density at radius 1 is 1.12 bits per heavy atom. The zero-order chi connectivity index (χ0) is 22.5. The van der Waals surface area contributed by atoms with Crippen LogP contribution in [0.5, 0.6) is 11.5 Å². The summed E-state index contributed by atoms with van der Waals surface area (Å²) in [7, 11) is 1.58. The molecule has 8 nitrogen and oxygen atoms in total. The van der Waals surface area contributed by atoms with Gasteiger partial charge in [-0.1, -0.05) is 12.1 Å². The number of anilines is 1. The minimum Gasteiger partial charge on any atom is -0.496 e. The van der Waals surface area contributed by atoms with Crippen LogP contribution in [-0.4, -0.2) is 55.7 Å². The lowest BCUT2D eigenvalue weighted by Crippen LogP contribution is -2.48. The van der Waals surface area contributed by atoms with Crippen LogP contribution >= 0.6 is 0 Å². The van der Waals surface area contributed by atoms with Gasteiger partial charge in [0.15, 0.2) is 0 Å². The zero-order valence-corrected chi connectivity index (χ0v) is 18.1. The summed E-state index contributed by atoms with van der Waals surface area (Å²) in [6.07, 6.45) is 0. The number of benzene rings is 2. The molecule has 0 atom stereocenters. The lowest BCUT2D eigenvalue weighted by Gasteiger charge is -2.34. The minimum atomic E-state index is -0.0273. The highest BCUT2D eigenvalue weighted by Gasteiger charge is 2.27. The Morgan fingerprint density at radius 2 is 1.84 bits per heavy atom. The number of piperazine rings is 1. The van der Waals surface area contributed by atoms with E-state index in [4.69, 9.17) is 13.9 Å². The van der Waals surface area contributed by atoms with E-state index in [0.717, 1.165) is 5.75 Å². The van der Waals surface area contributed by atoms with Crippen LogP contribution in [0.2, 0.25) is 0 Å². The molecule has 3 aromatic rings. The second-order valence-corrected chi connectivity index (χ2v) is 7.22. The molecule has 0 spiro atoms. The largest absolute Gasteiger partial charge is 0.496 e. The van der Waals surface area contributed by atoms with Crippen LogP contribution in [0.15, 0.2) is 52.9 Å². The molecule has 1 aromatic heterocycles. The van der Waals surface area contributed by atoms with Crippen molar-refractivity contribution in [2.75, 3.05) is 44.8 Å². The number of oxazole rings is 1. The Balaban J connectivity index is 1.47. The maximum absolute atomic E-state index is 12.9. The molecule has 1 fully saturated rings. The first kappa shape index (κ1) is 21.2. The summed E-state index contributed by atoms with van der Waals surface area (Å²) in [5.74, 6) is 2.09. The Morgan fingerprint density at radius 3 is 2.50 bits per heavy atom. The molecule has 1 aliphatic heterocycles. The zero-order valence-electron chi connectivity index (χ0n) is 18.1. The number of hydrogen-bond acceptors (Lipinski definition) is 7. The maximum atomic E-state index is 12.9. The van der Waals surface area contributed by atoms with Crippen LogP contribution in [0.4, 0.5) is 5.88 Å². The Kier molecular flexibility index (Phi) is 6.26. The molecule has 1 amide bonds. The molecule has 8 heteroatoms. The van der Waals surface area contributed by atoms with Crippen LogP contribution in [-0.2, 0) is 0 Å². The van der Waals surface area contributed by atoms with E-state index in [0.29, 0.717) is 61.4 Å². The van der Waals surface area contributed by atoms with Crippen LogP contribution < -0.4 is 14.4 Å². The Bertz CT molecular complexity index is 1130. The van der Waals surface area contributed by atoms with Crippen molar-refractivity contribution < 1.29 is 18.7 Å². The summed E-state index contributed by atoms with van der Waals surface area (Å²) in [4.78, 5) is 21.0. The Labute approximate surface area is 186 Å². The molecular weight excluding hydrogens is 408 g/mol. The highest BCUT2D eigenvalue weighted by Crippen LogP contribution is 2.33. The molecule has 0 radical (unpaired) electrons. The normalized spacial score (nSPS) is 13.5. The first-order chi connectivity index (χ1) is 15.6. The molecule has 0 aliphatic carbocycles. The average Bonchev–Trinajstić information content (AvgIpc) is 3.29. The number of aromatic nitrogens is 1. The van der Waals surface area contributed by atoms with E-state index in [1.54, 1.807) is 36.3 Å². The summed E-state index contributed by atoms with van der Waals surface area (Å²) >= 11 is 0. The third-order valence-electron chi connectivity index (χ3n) is 5.32. The molecule has 0 N–H and O–H groups in total. The van der Waals surface area contributed by atoms with E-state index < -0.39 is 0 Å². The summed E-state index contributed by atoms with van der Waals surface area (Å²) in [6.45, 7) is 4.61. The SMILES string of the molecule is CCOc1ccc(C(=O)N2CCN(c3oc(-c4ccccc4OC)nc3C#N)CC2)cc1. The van der Waals surface area contributed by atoms with Gasteiger partial charge >= 0.3 is 0 Å². The van der Waals surface area contributed by atoms with Crippen molar-refractivity contribution in [1.29, 1.82) is 5.26 Å². The number of carbonyl (C=O) groups excluding carboxylic acids is 1. The van der Waals surface area contributed by atoms with Gasteiger partial charge < -0.3 is 23.7 Å². The van der Waals surface area contributed by atoms with Crippen LogP contribution in [0, 0.1) is 11.3 Å². The van der Waals surface area contributed by atoms with Crippen LogP contribution in [0.3, 0.4) is 0 Å². The van der Waals surface area contributed by atoms with Gasteiger partial charge in [-0.2, -0.15) is 10.2 Å². The van der Waals surface area contributed by atoms with Crippen LogP contribution in [0.1, 0.15) is 23.0 Å². The van der Waals surface area contributed by atoms with E-state index in [-0.39, 0.29) is 11.6 Å². The predicted octanol–water partition coefficient (Wildman–Crippen LogP) is 3.58. The molecule has 164 valence electrons. The molecular formula is C24H24N4O4. The lowest BCUT2D eigenvalue weighted by molar-refractivity contribution is 0.0745. The summed E-state index contributed by atoms with van der Waals surface area (Å²) in [6, 6.07) is 16.7. The van der Waals surface area contributed by atoms with Gasteiger partial charge in [0, 0.05) is 31.7 Å². The Hall–Kier alpha value is -3.99. The van der Waals surface area contributed by atoms with Crippen molar-refractivity contribution in [3.63, 3.8) is 0 Å². The molecule has 32 heavy (non-hydrogen) atoms. The van der Waals surface area contributed by atoms with E-state index in [2.05, 4.69) is 11.1 Å². The van der Waals surface area contributed by atoms with E-state index in [1.807, 2.05) is 36.1 Å². The topological polar surface area (TPSA) is 91.8 Å². The first-order valence-corrected chi connectivity index (χ1v) is 10.5. The standard InChI is InChI=1S/C24H24N4O4/c1-3-31-18-10-8-17(9-11-18)23(29)27-12-14-28(15-13-27)24-20(16-25)26-22(32-24)19-6-4-5-7-21(19)30-2/h4-11H,3,12-15H2,1-2H3. The number of para-hydroxylation sites is 1. The fourth-order valence-corrected chi connectivity index (χ4v) is 3.69. The number of rotatable bonds is 6. The number of nitrogens with zero attached hydrogens (tertiary/aromatic N) is 4. The van der Waals surface area contributed by atoms with Crippen molar-refractivity contribution in [2.24, 2.45) is 0 Å². The fraction of sp³-hybridized carbons (Fsp3) is 0.292. The number of methoxy groups -OCH3 is 1. The quantitative estimate of drug-likeness (QED) is 0.588. The van der Waals surface area contributed by atoms with Gasteiger partial charge in [0.25, 0.3) is 5.91 Å². The number of amides is 1. The van der Waals surface area contributed by atoms with Gasteiger partial charge in [-0.15, -0.1) is 0 Å². The van der Waals surface area contributed by atoms with E-state index in [9.17, 15) is 10.1 Å². The van der Waals surface area contributed by atoms with E-state index >= 15 is 0 Å². The van der Waals surface area contributed by atoms with Gasteiger partial charge in [0.05, 0.1) is 19.3 Å². The predicted molar refractivity (Wildman–Crippen MR) is 119 cm³/mol. The fourth-order valence-electron chi connectivity index (χ4n) is 3.69. The molecule has 0 saturated carbocycles. The second-order valence-electron chi connectivity index (χ2n) is 7.22. The minimum absolute atomic E-state index is 0.0273. The van der Waals surface area contributed by atoms with Crippen molar-refractivity contribution in [3.05, 3.63) is 59.8 Å². The highest BCUT2D eigenvalue weighted by molar-refractivity contribution is 5.94. The first-order valence-electron chi connectivity index (χ1n) is 10.5. The number of ether oxygens (including phenoxy) is 2. The van der Waals surface area contributed by atoms with E-state index in [1.165, 1.54) is 0 Å². The molecule has 4 rings (SSSR count). The lowest BCUT2D eigenvalue weighted by atomic mass is 10.1. The molecule has 1 saturated heterocycles. The monoisotopic (exact) mass is 432 g/mol. The number of hydrogen-bond donors (Lipinski definition) is 0. The summed E-state index contributed by atoms with van der Waals surface area (Å²) in [5, 5.41) is 9.58. The second kappa shape index (κ2) is 9.43. The summed E-state index contributed by atoms with van der Waals surface area (Å²) in [5.41, 5.74) is 1.52. The molecule has 2 aromatic carbocycles. The average molecular weight is 432 g/mol. The third-order valence-corrected chi connectivity index (χ3v) is 5.32. The molecule has 1 aliphatic rings. The van der Waals surface area contributed by atoms with Gasteiger partial charge in [0.1, 0.15) is 17.6 Å². The van der Waals surface area contributed by atoms with Crippen LogP contribution in [0.25, 0.3) is 11.5 Å². The third kappa shape index (κ3) is 4.23. The van der Waals surface area contributed by atoms with Crippen molar-refractivity contribution in [2.45, 2.75) is 6.92 Å². The van der Waals surface area contributed by atoms with Gasteiger partial charge in [-0.05, 0) is 43.3 Å². The number of carbonyl (C=O) groups is 1. The van der Waals surface area contributed by atoms with Gasteiger partial charge in [-0.25, -0.2) is 0 Å². The van der Waals surface area contributed by atoms with Gasteiger partial charge in [0.2, 0.25) is 17.5 Å². The van der Waals surface area contributed by atoms with Gasteiger partial charge in [-0.3, -0.25) is 4.79 Å². The molecule has 0 bridgehead atoms. The summed E-state index contributed by atoms with van der Waals surface area (Å²) < 4.78 is 16.8. The molecule has 0 unspecified atom stereocenters. The highest BCUT2D eigenvalue weighted by atomic mass is 16.5. The molecule has 2 heterocycles. The van der Waals surface area contributed by atoms with Crippen molar-refractivity contribution in [3.8, 4) is 29.0 Å². The number of nitriles is 1. The van der Waals surface area contributed by atoms with Crippen molar-refractivity contribution >= 4 is 11.8 Å². The smallest absolute Gasteiger partial charge is 0.253 e.